The van der Waals surface area contributed by atoms with Crippen molar-refractivity contribution in [1.82, 2.24) is 5.43 Å². The van der Waals surface area contributed by atoms with Crippen molar-refractivity contribution < 1.29 is 13.2 Å². The van der Waals surface area contributed by atoms with Crippen LogP contribution in [0.3, 0.4) is 0 Å². The normalized spacial score (nSPS) is 11.2. The quantitative estimate of drug-likeness (QED) is 0.414. The van der Waals surface area contributed by atoms with Crippen molar-refractivity contribution in [2.45, 2.75) is 4.90 Å². The molecule has 0 saturated carbocycles. The van der Waals surface area contributed by atoms with E-state index in [4.69, 9.17) is 29.0 Å². The monoisotopic (exact) mass is 451 g/mol. The predicted molar refractivity (Wildman–Crippen MR) is 97.5 cm³/mol. The summed E-state index contributed by atoms with van der Waals surface area (Å²) < 4.78 is 27.4. The van der Waals surface area contributed by atoms with Gasteiger partial charge in [-0.2, -0.15) is 0 Å². The summed E-state index contributed by atoms with van der Waals surface area (Å²) in [5.41, 5.74) is 2.21. The summed E-state index contributed by atoms with van der Waals surface area (Å²) in [6, 6.07) is 10.5. The number of hydrazine groups is 1. The number of carbonyl (C=O) groups is 1. The molecule has 10 heteroatoms. The molecule has 0 radical (unpaired) electrons. The minimum absolute atomic E-state index is 0.0908. The van der Waals surface area contributed by atoms with E-state index in [1.807, 2.05) is 5.43 Å². The highest BCUT2D eigenvalue weighted by Gasteiger charge is 2.28. The number of anilines is 1. The number of nitrogens with zero attached hydrogens (tertiary/aromatic N) is 1. The molecule has 2 aromatic carbocycles. The van der Waals surface area contributed by atoms with Crippen LogP contribution in [0.2, 0.25) is 10.0 Å². The molecule has 0 fully saturated rings. The first-order valence-corrected chi connectivity index (χ1v) is 9.48. The first-order valence-electron chi connectivity index (χ1n) is 6.49. The Hall–Kier alpha value is -1.32. The van der Waals surface area contributed by atoms with Gasteiger partial charge >= 0.3 is 0 Å². The molecular weight excluding hydrogens is 441 g/mol. The van der Waals surface area contributed by atoms with E-state index in [-0.39, 0.29) is 20.6 Å². The van der Waals surface area contributed by atoms with Crippen molar-refractivity contribution in [1.29, 1.82) is 0 Å². The summed E-state index contributed by atoms with van der Waals surface area (Å²) in [6.45, 7) is -0.498. The standard InChI is InChI=1S/C14H12BrCl2N3O3S/c15-10-3-1-2-4-13(10)20(8-14(21)19-18)24(22,23)9-5-6-11(16)12(17)7-9/h1-7H,8,18H2,(H,19,21). The Labute approximate surface area is 157 Å². The molecule has 128 valence electrons. The summed E-state index contributed by atoms with van der Waals surface area (Å²) in [7, 11) is -4.08. The number of nitrogens with two attached hydrogens (primary N) is 1. The molecule has 3 N–H and O–H groups in total. The molecule has 2 rings (SSSR count). The maximum absolute atomic E-state index is 13.0. The average Bonchev–Trinajstić information content (AvgIpc) is 2.55. The van der Waals surface area contributed by atoms with Crippen molar-refractivity contribution in [2.24, 2.45) is 5.84 Å². The van der Waals surface area contributed by atoms with Crippen LogP contribution in [-0.2, 0) is 14.8 Å². The van der Waals surface area contributed by atoms with E-state index in [2.05, 4.69) is 15.9 Å². The molecule has 0 unspecified atom stereocenters. The number of benzene rings is 2. The zero-order chi connectivity index (χ0) is 17.9. The molecule has 0 saturated heterocycles. The van der Waals surface area contributed by atoms with Crippen molar-refractivity contribution in [2.75, 3.05) is 10.8 Å². The molecule has 1 amide bonds. The van der Waals surface area contributed by atoms with E-state index in [0.717, 1.165) is 4.31 Å². The van der Waals surface area contributed by atoms with E-state index in [9.17, 15) is 13.2 Å². The maximum atomic E-state index is 13.0. The topological polar surface area (TPSA) is 92.5 Å². The van der Waals surface area contributed by atoms with E-state index < -0.39 is 22.5 Å². The molecule has 2 aromatic rings. The molecule has 0 bridgehead atoms. The molecule has 0 aromatic heterocycles. The molecule has 0 aliphatic rings. The zero-order valence-electron chi connectivity index (χ0n) is 12.0. The number of halogens is 3. The SMILES string of the molecule is NNC(=O)CN(c1ccccc1Br)S(=O)(=O)c1ccc(Cl)c(Cl)c1. The van der Waals surface area contributed by atoms with E-state index >= 15 is 0 Å². The van der Waals surface area contributed by atoms with Crippen LogP contribution in [0.25, 0.3) is 0 Å². The van der Waals surface area contributed by atoms with Crippen molar-refractivity contribution in [3.63, 3.8) is 0 Å². The van der Waals surface area contributed by atoms with Crippen molar-refractivity contribution in [3.05, 3.63) is 57.0 Å². The van der Waals surface area contributed by atoms with Crippen LogP contribution >= 0.6 is 39.1 Å². The van der Waals surface area contributed by atoms with Crippen molar-refractivity contribution in [3.8, 4) is 0 Å². The van der Waals surface area contributed by atoms with Crippen LogP contribution < -0.4 is 15.6 Å². The van der Waals surface area contributed by atoms with Gasteiger partial charge in [0.25, 0.3) is 15.9 Å². The molecule has 0 atom stereocenters. The fourth-order valence-electron chi connectivity index (χ4n) is 1.89. The maximum Gasteiger partial charge on any atom is 0.264 e. The van der Waals surface area contributed by atoms with Gasteiger partial charge in [0.05, 0.1) is 20.6 Å². The lowest BCUT2D eigenvalue weighted by Gasteiger charge is -2.24. The van der Waals surface area contributed by atoms with Crippen LogP contribution in [0.4, 0.5) is 5.69 Å². The van der Waals surface area contributed by atoms with Gasteiger partial charge in [-0.25, -0.2) is 14.3 Å². The minimum Gasteiger partial charge on any atom is -0.293 e. The lowest BCUT2D eigenvalue weighted by atomic mass is 10.3. The summed E-state index contributed by atoms with van der Waals surface area (Å²) in [5, 5.41) is 0.316. The van der Waals surface area contributed by atoms with Gasteiger partial charge in [0, 0.05) is 4.47 Å². The van der Waals surface area contributed by atoms with Crippen LogP contribution in [0, 0.1) is 0 Å². The Morgan fingerprint density at radius 3 is 2.42 bits per heavy atom. The predicted octanol–water partition coefficient (Wildman–Crippen LogP) is 2.94. The lowest BCUT2D eigenvalue weighted by Crippen LogP contribution is -2.43. The zero-order valence-corrected chi connectivity index (χ0v) is 16.0. The van der Waals surface area contributed by atoms with E-state index in [1.54, 1.807) is 24.3 Å². The van der Waals surface area contributed by atoms with Crippen LogP contribution in [-0.4, -0.2) is 20.9 Å². The molecule has 0 aliphatic heterocycles. The molecule has 6 nitrogen and oxygen atoms in total. The Balaban J connectivity index is 2.59. The van der Waals surface area contributed by atoms with Gasteiger partial charge < -0.3 is 0 Å². The number of hydrogen-bond acceptors (Lipinski definition) is 4. The number of sulfonamides is 1. The van der Waals surface area contributed by atoms with E-state index in [0.29, 0.717) is 4.47 Å². The van der Waals surface area contributed by atoms with E-state index in [1.165, 1.54) is 18.2 Å². The third kappa shape index (κ3) is 4.01. The Morgan fingerprint density at radius 1 is 1.17 bits per heavy atom. The highest BCUT2D eigenvalue weighted by molar-refractivity contribution is 9.10. The number of carbonyl (C=O) groups excluding carboxylic acids is 1. The highest BCUT2D eigenvalue weighted by atomic mass is 79.9. The van der Waals surface area contributed by atoms with Gasteiger partial charge in [-0.3, -0.25) is 14.5 Å². The lowest BCUT2D eigenvalue weighted by molar-refractivity contribution is -0.119. The van der Waals surface area contributed by atoms with Gasteiger partial charge in [-0.1, -0.05) is 35.3 Å². The average molecular weight is 453 g/mol. The summed E-state index contributed by atoms with van der Waals surface area (Å²) in [4.78, 5) is 11.6. The smallest absolute Gasteiger partial charge is 0.264 e. The van der Waals surface area contributed by atoms with Crippen molar-refractivity contribution >= 4 is 60.7 Å². The second-order valence-corrected chi connectivity index (χ2v) is 8.14. The second-order valence-electron chi connectivity index (χ2n) is 4.61. The summed E-state index contributed by atoms with van der Waals surface area (Å²) in [6.07, 6.45) is 0. The van der Waals surface area contributed by atoms with Gasteiger partial charge in [0.15, 0.2) is 0 Å². The molecule has 0 heterocycles. The number of hydrogen-bond donors (Lipinski definition) is 2. The fraction of sp³-hybridized carbons (Fsp3) is 0.0714. The van der Waals surface area contributed by atoms with Gasteiger partial charge in [-0.05, 0) is 46.3 Å². The molecule has 24 heavy (non-hydrogen) atoms. The molecule has 0 spiro atoms. The Bertz CT molecular complexity index is 877. The van der Waals surface area contributed by atoms with Crippen LogP contribution in [0.1, 0.15) is 0 Å². The highest BCUT2D eigenvalue weighted by Crippen LogP contribution is 2.32. The Kier molecular flexibility index (Phi) is 6.11. The third-order valence-corrected chi connectivity index (χ3v) is 6.21. The van der Waals surface area contributed by atoms with Gasteiger partial charge in [-0.15, -0.1) is 0 Å². The number of nitrogens with one attached hydrogen (secondary N) is 1. The van der Waals surface area contributed by atoms with Crippen LogP contribution in [0.5, 0.6) is 0 Å². The fourth-order valence-corrected chi connectivity index (χ4v) is 4.34. The molecular formula is C14H12BrCl2N3O3S. The van der Waals surface area contributed by atoms with Gasteiger partial charge in [0.2, 0.25) is 0 Å². The second kappa shape index (κ2) is 7.71. The summed E-state index contributed by atoms with van der Waals surface area (Å²) >= 11 is 15.0. The van der Waals surface area contributed by atoms with Crippen LogP contribution in [0.15, 0.2) is 51.8 Å². The number of rotatable bonds is 5. The minimum atomic E-state index is -4.08. The largest absolute Gasteiger partial charge is 0.293 e. The third-order valence-electron chi connectivity index (χ3n) is 3.05. The Morgan fingerprint density at radius 2 is 1.83 bits per heavy atom. The first kappa shape index (κ1) is 19.0. The number of amides is 1. The molecule has 0 aliphatic carbocycles. The van der Waals surface area contributed by atoms with Gasteiger partial charge in [0.1, 0.15) is 6.54 Å². The summed E-state index contributed by atoms with van der Waals surface area (Å²) in [5.74, 6) is 4.42. The first-order chi connectivity index (χ1) is 11.3. The number of para-hydroxylation sites is 1.